The van der Waals surface area contributed by atoms with Crippen molar-refractivity contribution in [1.82, 2.24) is 0 Å². The number of unbranched alkanes of at least 4 members (excludes halogenated alkanes) is 2. The number of ether oxygens (including phenoxy) is 2. The molecule has 0 aromatic heterocycles. The van der Waals surface area contributed by atoms with Crippen LogP contribution in [0.2, 0.25) is 0 Å². The zero-order valence-electron chi connectivity index (χ0n) is 11.8. The molecule has 0 aromatic rings. The number of aliphatic carboxylic acids is 1. The molecular formula is C14H24O5. The van der Waals surface area contributed by atoms with Gasteiger partial charge >= 0.3 is 11.9 Å². The Labute approximate surface area is 114 Å². The highest BCUT2D eigenvalue weighted by Crippen LogP contribution is 2.27. The molecular weight excluding hydrogens is 248 g/mol. The Balaban J connectivity index is 2.22. The predicted octanol–water partition coefficient (Wildman–Crippen LogP) is 2.24. The van der Waals surface area contributed by atoms with Crippen LogP contribution in [-0.2, 0) is 19.1 Å². The van der Waals surface area contributed by atoms with Crippen molar-refractivity contribution >= 4 is 11.9 Å². The van der Waals surface area contributed by atoms with Gasteiger partial charge < -0.3 is 14.6 Å². The molecule has 110 valence electrons. The largest absolute Gasteiger partial charge is 0.481 e. The molecule has 0 saturated carbocycles. The van der Waals surface area contributed by atoms with Gasteiger partial charge in [0.15, 0.2) is 0 Å². The summed E-state index contributed by atoms with van der Waals surface area (Å²) in [5, 5.41) is 8.84. The van der Waals surface area contributed by atoms with Crippen molar-refractivity contribution in [2.24, 2.45) is 11.8 Å². The summed E-state index contributed by atoms with van der Waals surface area (Å²) in [5.74, 6) is -1.96. The number of rotatable bonds is 9. The molecule has 0 bridgehead atoms. The highest BCUT2D eigenvalue weighted by atomic mass is 16.6. The van der Waals surface area contributed by atoms with Gasteiger partial charge in [-0.3, -0.25) is 9.59 Å². The van der Waals surface area contributed by atoms with Gasteiger partial charge in [-0.1, -0.05) is 26.7 Å². The summed E-state index contributed by atoms with van der Waals surface area (Å²) < 4.78 is 10.7. The summed E-state index contributed by atoms with van der Waals surface area (Å²) in [5.41, 5.74) is 0. The van der Waals surface area contributed by atoms with Crippen molar-refractivity contribution < 1.29 is 24.2 Å². The molecule has 1 aliphatic heterocycles. The Morgan fingerprint density at radius 2 is 2.26 bits per heavy atom. The van der Waals surface area contributed by atoms with Crippen LogP contribution in [0, 0.1) is 11.8 Å². The van der Waals surface area contributed by atoms with Gasteiger partial charge in [0.05, 0.1) is 18.4 Å². The lowest BCUT2D eigenvalue weighted by Crippen LogP contribution is -2.17. The molecule has 1 saturated heterocycles. The number of carbonyl (C=O) groups excluding carboxylic acids is 1. The summed E-state index contributed by atoms with van der Waals surface area (Å²) in [4.78, 5) is 22.4. The van der Waals surface area contributed by atoms with E-state index in [9.17, 15) is 9.59 Å². The lowest BCUT2D eigenvalue weighted by Gasteiger charge is -2.10. The van der Waals surface area contributed by atoms with Gasteiger partial charge in [-0.25, -0.2) is 0 Å². The second-order valence-electron chi connectivity index (χ2n) is 5.25. The Morgan fingerprint density at radius 3 is 2.89 bits per heavy atom. The molecule has 19 heavy (non-hydrogen) atoms. The monoisotopic (exact) mass is 272 g/mol. The van der Waals surface area contributed by atoms with E-state index < -0.39 is 11.9 Å². The van der Waals surface area contributed by atoms with Gasteiger partial charge in [-0.05, 0) is 19.3 Å². The summed E-state index contributed by atoms with van der Waals surface area (Å²) in [6.45, 7) is 4.86. The van der Waals surface area contributed by atoms with E-state index in [2.05, 4.69) is 6.92 Å². The molecule has 0 aromatic carbocycles. The van der Waals surface area contributed by atoms with Gasteiger partial charge in [0.25, 0.3) is 0 Å². The minimum absolute atomic E-state index is 0.208. The zero-order valence-corrected chi connectivity index (χ0v) is 11.8. The molecule has 1 N–H and O–H groups in total. The van der Waals surface area contributed by atoms with Crippen LogP contribution in [0.4, 0.5) is 0 Å². The molecule has 0 aliphatic carbocycles. The third kappa shape index (κ3) is 5.59. The first kappa shape index (κ1) is 16.0. The molecule has 1 heterocycles. The van der Waals surface area contributed by atoms with E-state index in [0.29, 0.717) is 26.1 Å². The molecule has 0 radical (unpaired) electrons. The number of hydrogen-bond acceptors (Lipinski definition) is 4. The normalized spacial score (nSPS) is 24.2. The Hall–Kier alpha value is -1.10. The number of hydrogen-bond donors (Lipinski definition) is 1. The summed E-state index contributed by atoms with van der Waals surface area (Å²) >= 11 is 0. The lowest BCUT2D eigenvalue weighted by molar-refractivity contribution is -0.147. The van der Waals surface area contributed by atoms with Crippen molar-refractivity contribution in [2.75, 3.05) is 13.2 Å². The molecule has 5 heteroatoms. The highest BCUT2D eigenvalue weighted by molar-refractivity contribution is 5.76. The maximum Gasteiger partial charge on any atom is 0.309 e. The van der Waals surface area contributed by atoms with Crippen LogP contribution >= 0.6 is 0 Å². The first-order chi connectivity index (χ1) is 9.04. The van der Waals surface area contributed by atoms with Gasteiger partial charge in [-0.15, -0.1) is 0 Å². The first-order valence-corrected chi connectivity index (χ1v) is 7.05. The van der Waals surface area contributed by atoms with Crippen LogP contribution in [0.5, 0.6) is 0 Å². The topological polar surface area (TPSA) is 72.8 Å². The van der Waals surface area contributed by atoms with E-state index in [1.54, 1.807) is 6.92 Å². The van der Waals surface area contributed by atoms with Crippen molar-refractivity contribution in [2.45, 2.75) is 52.1 Å². The molecule has 3 unspecified atom stereocenters. The third-order valence-electron chi connectivity index (χ3n) is 3.42. The lowest BCUT2D eigenvalue weighted by atomic mass is 9.93. The maximum absolute atomic E-state index is 11.6. The summed E-state index contributed by atoms with van der Waals surface area (Å²) in [7, 11) is 0. The van der Waals surface area contributed by atoms with Crippen LogP contribution in [0.1, 0.15) is 46.0 Å². The minimum atomic E-state index is -0.868. The number of carboxylic acids is 1. The Kier molecular flexibility index (Phi) is 6.84. The van der Waals surface area contributed by atoms with Crippen LogP contribution in [-0.4, -0.2) is 36.4 Å². The zero-order chi connectivity index (χ0) is 14.3. The summed E-state index contributed by atoms with van der Waals surface area (Å²) in [6, 6.07) is 0. The van der Waals surface area contributed by atoms with Gasteiger partial charge in [0, 0.05) is 6.61 Å². The minimum Gasteiger partial charge on any atom is -0.481 e. The molecule has 1 rings (SSSR count). The smallest absolute Gasteiger partial charge is 0.309 e. The number of carboxylic acid groups (broad SMARTS) is 1. The summed E-state index contributed by atoms with van der Waals surface area (Å²) in [6.07, 6.45) is 4.03. The average Bonchev–Trinajstić information content (AvgIpc) is 2.69. The second-order valence-corrected chi connectivity index (χ2v) is 5.25. The standard InChI is InChI=1S/C14H24O5/c1-3-4-5-6-18-9-12-8-11(14(17)19-12)7-10(2)13(15)16/h10-12H,3-9H2,1-2H3,(H,15,16). The highest BCUT2D eigenvalue weighted by Gasteiger charge is 2.36. The number of esters is 1. The van der Waals surface area contributed by atoms with Crippen molar-refractivity contribution in [3.8, 4) is 0 Å². The van der Waals surface area contributed by atoms with Crippen LogP contribution in [0.25, 0.3) is 0 Å². The molecule has 1 aliphatic rings. The van der Waals surface area contributed by atoms with E-state index in [1.165, 1.54) is 0 Å². The van der Waals surface area contributed by atoms with Crippen molar-refractivity contribution in [1.29, 1.82) is 0 Å². The maximum atomic E-state index is 11.6. The van der Waals surface area contributed by atoms with E-state index in [1.807, 2.05) is 0 Å². The average molecular weight is 272 g/mol. The Morgan fingerprint density at radius 1 is 1.53 bits per heavy atom. The van der Waals surface area contributed by atoms with Crippen LogP contribution < -0.4 is 0 Å². The SMILES string of the molecule is CCCCCOCC1CC(CC(C)C(=O)O)C(=O)O1. The van der Waals surface area contributed by atoms with Crippen LogP contribution in [0.3, 0.4) is 0 Å². The first-order valence-electron chi connectivity index (χ1n) is 7.05. The van der Waals surface area contributed by atoms with Gasteiger partial charge in [0.1, 0.15) is 6.10 Å². The number of cyclic esters (lactones) is 1. The quantitative estimate of drug-likeness (QED) is 0.514. The molecule has 0 amide bonds. The molecule has 3 atom stereocenters. The number of carbonyl (C=O) groups is 2. The van der Waals surface area contributed by atoms with E-state index in [-0.39, 0.29) is 18.0 Å². The fourth-order valence-corrected chi connectivity index (χ4v) is 2.21. The van der Waals surface area contributed by atoms with Gasteiger partial charge in [-0.2, -0.15) is 0 Å². The Bertz CT molecular complexity index is 302. The van der Waals surface area contributed by atoms with E-state index in [4.69, 9.17) is 14.6 Å². The van der Waals surface area contributed by atoms with Crippen molar-refractivity contribution in [3.63, 3.8) is 0 Å². The van der Waals surface area contributed by atoms with E-state index >= 15 is 0 Å². The van der Waals surface area contributed by atoms with Crippen LogP contribution in [0.15, 0.2) is 0 Å². The third-order valence-corrected chi connectivity index (χ3v) is 3.42. The fourth-order valence-electron chi connectivity index (χ4n) is 2.21. The second kappa shape index (κ2) is 8.15. The molecule has 5 nitrogen and oxygen atoms in total. The van der Waals surface area contributed by atoms with Gasteiger partial charge in [0.2, 0.25) is 0 Å². The molecule has 1 fully saturated rings. The fraction of sp³-hybridized carbons (Fsp3) is 0.857. The molecule has 0 spiro atoms. The predicted molar refractivity (Wildman–Crippen MR) is 69.7 cm³/mol. The van der Waals surface area contributed by atoms with Crippen molar-refractivity contribution in [3.05, 3.63) is 0 Å². The van der Waals surface area contributed by atoms with E-state index in [0.717, 1.165) is 19.3 Å².